The van der Waals surface area contributed by atoms with Crippen molar-refractivity contribution in [2.24, 2.45) is 0 Å². The van der Waals surface area contributed by atoms with Gasteiger partial charge in [-0.2, -0.15) is 4.98 Å². The third-order valence-electron chi connectivity index (χ3n) is 4.84. The number of nitrogens with zero attached hydrogens (tertiary/aromatic N) is 5. The predicted octanol–water partition coefficient (Wildman–Crippen LogP) is 1.69. The SMILES string of the molecule is COc1ccc(CSc2ncnc3c(N4CCS(=O)CC4)nc(NCCO)nc23)cc1. The molecule has 3 aromatic rings. The van der Waals surface area contributed by atoms with Gasteiger partial charge in [-0.3, -0.25) is 4.21 Å². The Morgan fingerprint density at radius 2 is 1.94 bits per heavy atom. The van der Waals surface area contributed by atoms with E-state index in [0.717, 1.165) is 22.1 Å². The zero-order valence-corrected chi connectivity index (χ0v) is 18.8. The second kappa shape index (κ2) is 10.2. The van der Waals surface area contributed by atoms with Crippen molar-refractivity contribution in [1.29, 1.82) is 0 Å². The van der Waals surface area contributed by atoms with Crippen molar-refractivity contribution in [2.75, 3.05) is 55.1 Å². The van der Waals surface area contributed by atoms with Crippen LogP contribution in [0, 0.1) is 0 Å². The van der Waals surface area contributed by atoms with E-state index in [1.165, 1.54) is 6.33 Å². The van der Waals surface area contributed by atoms with Crippen LogP contribution in [0.15, 0.2) is 35.6 Å². The molecule has 1 aliphatic heterocycles. The van der Waals surface area contributed by atoms with Crippen LogP contribution < -0.4 is 15.0 Å². The zero-order valence-electron chi connectivity index (χ0n) is 17.2. The topological polar surface area (TPSA) is 113 Å². The number of rotatable bonds is 8. The average Bonchev–Trinajstić information content (AvgIpc) is 2.81. The van der Waals surface area contributed by atoms with Crippen LogP contribution in [0.4, 0.5) is 11.8 Å². The van der Waals surface area contributed by atoms with Crippen molar-refractivity contribution in [3.63, 3.8) is 0 Å². The molecule has 2 N–H and O–H groups in total. The maximum atomic E-state index is 11.8. The molecule has 0 radical (unpaired) electrons. The Bertz CT molecular complexity index is 1060. The van der Waals surface area contributed by atoms with Gasteiger partial charge in [-0.05, 0) is 17.7 Å². The largest absolute Gasteiger partial charge is 0.497 e. The van der Waals surface area contributed by atoms with Crippen molar-refractivity contribution in [3.8, 4) is 5.75 Å². The van der Waals surface area contributed by atoms with Gasteiger partial charge in [0.25, 0.3) is 0 Å². The number of aromatic nitrogens is 4. The normalized spacial score (nSPS) is 14.7. The molecule has 1 aliphatic rings. The summed E-state index contributed by atoms with van der Waals surface area (Å²) in [5.41, 5.74) is 2.48. The standard InChI is InChI=1S/C20H24N6O3S2/c1-29-15-4-2-14(3-5-15)12-30-19-17-16(22-13-23-19)18(25-20(24-17)21-6-9-27)26-7-10-31(28)11-8-26/h2-5,13,27H,6-12H2,1H3,(H,21,24,25). The van der Waals surface area contributed by atoms with E-state index in [0.29, 0.717) is 53.9 Å². The molecule has 4 rings (SSSR count). The van der Waals surface area contributed by atoms with Crippen LogP contribution in [0.3, 0.4) is 0 Å². The highest BCUT2D eigenvalue weighted by Gasteiger charge is 2.22. The minimum absolute atomic E-state index is 0.0240. The molecule has 0 aliphatic carbocycles. The van der Waals surface area contributed by atoms with Crippen molar-refractivity contribution in [2.45, 2.75) is 10.8 Å². The molecule has 0 unspecified atom stereocenters. The van der Waals surface area contributed by atoms with Crippen LogP contribution in [-0.2, 0) is 16.6 Å². The van der Waals surface area contributed by atoms with E-state index in [1.54, 1.807) is 18.9 Å². The highest BCUT2D eigenvalue weighted by molar-refractivity contribution is 7.98. The average molecular weight is 461 g/mol. The zero-order chi connectivity index (χ0) is 21.6. The second-order valence-corrected chi connectivity index (χ2v) is 9.53. The van der Waals surface area contributed by atoms with E-state index in [9.17, 15) is 9.32 Å². The van der Waals surface area contributed by atoms with Crippen LogP contribution in [0.5, 0.6) is 5.75 Å². The van der Waals surface area contributed by atoms with E-state index >= 15 is 0 Å². The monoisotopic (exact) mass is 460 g/mol. The van der Waals surface area contributed by atoms with Gasteiger partial charge in [0.05, 0.1) is 13.7 Å². The quantitative estimate of drug-likeness (QED) is 0.380. The molecule has 2 aromatic heterocycles. The van der Waals surface area contributed by atoms with E-state index < -0.39 is 10.8 Å². The summed E-state index contributed by atoms with van der Waals surface area (Å²) in [6, 6.07) is 7.92. The Labute approximate surface area is 187 Å². The number of benzene rings is 1. The van der Waals surface area contributed by atoms with Gasteiger partial charge in [-0.15, -0.1) is 0 Å². The van der Waals surface area contributed by atoms with Gasteiger partial charge in [0.1, 0.15) is 28.1 Å². The first kappa shape index (κ1) is 21.7. The Morgan fingerprint density at radius 1 is 1.16 bits per heavy atom. The Hall–Kier alpha value is -2.50. The molecule has 3 heterocycles. The Balaban J connectivity index is 1.66. The fourth-order valence-electron chi connectivity index (χ4n) is 3.21. The van der Waals surface area contributed by atoms with E-state index in [2.05, 4.69) is 30.2 Å². The number of anilines is 2. The van der Waals surface area contributed by atoms with Gasteiger partial charge in [0.2, 0.25) is 5.95 Å². The fraction of sp³-hybridized carbons (Fsp3) is 0.400. The summed E-state index contributed by atoms with van der Waals surface area (Å²) >= 11 is 1.58. The van der Waals surface area contributed by atoms with Crippen molar-refractivity contribution in [3.05, 3.63) is 36.2 Å². The number of hydrogen-bond donors (Lipinski definition) is 2. The summed E-state index contributed by atoms with van der Waals surface area (Å²) in [6.07, 6.45) is 1.54. The number of fused-ring (bicyclic) bond motifs is 1. The predicted molar refractivity (Wildman–Crippen MR) is 123 cm³/mol. The van der Waals surface area contributed by atoms with E-state index in [4.69, 9.17) is 4.74 Å². The Morgan fingerprint density at radius 3 is 2.65 bits per heavy atom. The molecule has 0 bridgehead atoms. The van der Waals surface area contributed by atoms with Crippen LogP contribution >= 0.6 is 11.8 Å². The lowest BCUT2D eigenvalue weighted by molar-refractivity contribution is 0.311. The summed E-state index contributed by atoms with van der Waals surface area (Å²) in [7, 11) is 0.860. The number of hydrogen-bond acceptors (Lipinski definition) is 10. The molecule has 9 nitrogen and oxygen atoms in total. The summed E-state index contributed by atoms with van der Waals surface area (Å²) < 4.78 is 17.0. The third-order valence-corrected chi connectivity index (χ3v) is 7.16. The number of thioether (sulfide) groups is 1. The highest BCUT2D eigenvalue weighted by Crippen LogP contribution is 2.31. The first-order chi connectivity index (χ1) is 15.2. The fourth-order valence-corrected chi connectivity index (χ4v) is 5.16. The summed E-state index contributed by atoms with van der Waals surface area (Å²) in [6.45, 7) is 1.62. The number of ether oxygens (including phenoxy) is 1. The van der Waals surface area contributed by atoms with Gasteiger partial charge in [-0.25, -0.2) is 15.0 Å². The number of aliphatic hydroxyl groups is 1. The molecule has 0 amide bonds. The minimum atomic E-state index is -0.789. The number of methoxy groups -OCH3 is 1. The van der Waals surface area contributed by atoms with Crippen molar-refractivity contribution < 1.29 is 14.1 Å². The lowest BCUT2D eigenvalue weighted by Gasteiger charge is -2.28. The highest BCUT2D eigenvalue weighted by atomic mass is 32.2. The molecule has 164 valence electrons. The molecular weight excluding hydrogens is 436 g/mol. The molecule has 0 spiro atoms. The van der Waals surface area contributed by atoms with Gasteiger partial charge in [0, 0.05) is 47.7 Å². The maximum Gasteiger partial charge on any atom is 0.225 e. The first-order valence-electron chi connectivity index (χ1n) is 9.91. The lowest BCUT2D eigenvalue weighted by atomic mass is 10.2. The molecule has 0 saturated carbocycles. The minimum Gasteiger partial charge on any atom is -0.497 e. The van der Waals surface area contributed by atoms with Gasteiger partial charge in [-0.1, -0.05) is 23.9 Å². The maximum absolute atomic E-state index is 11.8. The summed E-state index contributed by atoms with van der Waals surface area (Å²) in [5.74, 6) is 3.88. The van der Waals surface area contributed by atoms with Crippen molar-refractivity contribution in [1.82, 2.24) is 19.9 Å². The molecule has 1 aromatic carbocycles. The summed E-state index contributed by atoms with van der Waals surface area (Å²) in [4.78, 5) is 20.3. The van der Waals surface area contributed by atoms with Crippen LogP contribution in [-0.4, -0.2) is 74.1 Å². The van der Waals surface area contributed by atoms with E-state index in [-0.39, 0.29) is 6.61 Å². The molecule has 0 atom stereocenters. The van der Waals surface area contributed by atoms with Crippen molar-refractivity contribution >= 4 is 45.4 Å². The van der Waals surface area contributed by atoms with Crippen LogP contribution in [0.25, 0.3) is 11.0 Å². The van der Waals surface area contributed by atoms with Crippen LogP contribution in [0.2, 0.25) is 0 Å². The van der Waals surface area contributed by atoms with Crippen LogP contribution in [0.1, 0.15) is 5.56 Å². The lowest BCUT2D eigenvalue weighted by Crippen LogP contribution is -2.38. The van der Waals surface area contributed by atoms with Gasteiger partial charge in [0.15, 0.2) is 5.82 Å². The summed E-state index contributed by atoms with van der Waals surface area (Å²) in [5, 5.41) is 13.0. The second-order valence-electron chi connectivity index (χ2n) is 6.87. The van der Waals surface area contributed by atoms with Gasteiger partial charge < -0.3 is 20.1 Å². The molecule has 11 heteroatoms. The smallest absolute Gasteiger partial charge is 0.225 e. The van der Waals surface area contributed by atoms with Gasteiger partial charge >= 0.3 is 0 Å². The Kier molecular flexibility index (Phi) is 7.15. The number of nitrogens with one attached hydrogen (secondary N) is 1. The molecule has 31 heavy (non-hydrogen) atoms. The third kappa shape index (κ3) is 5.23. The molecule has 1 saturated heterocycles. The number of aliphatic hydroxyl groups excluding tert-OH is 1. The van der Waals surface area contributed by atoms with E-state index in [1.807, 2.05) is 24.3 Å². The first-order valence-corrected chi connectivity index (χ1v) is 12.4. The molecule has 1 fully saturated rings. The molecular formula is C20H24N6O3S2.